The number of sulfone groups is 1. The molecular formula is C44H49FN2O9SSi. The summed E-state index contributed by atoms with van der Waals surface area (Å²) in [6.07, 6.45) is 0.0819. The topological polar surface area (TPSA) is 145 Å². The van der Waals surface area contributed by atoms with Crippen LogP contribution in [0.2, 0.25) is 18.1 Å². The van der Waals surface area contributed by atoms with E-state index in [9.17, 15) is 13.5 Å². The van der Waals surface area contributed by atoms with Gasteiger partial charge in [0, 0.05) is 28.0 Å². The van der Waals surface area contributed by atoms with Crippen molar-refractivity contribution < 1.29 is 45.9 Å². The van der Waals surface area contributed by atoms with Crippen LogP contribution in [-0.4, -0.2) is 63.2 Å². The van der Waals surface area contributed by atoms with E-state index in [-0.39, 0.29) is 71.3 Å². The maximum Gasteiger partial charge on any atom is 0.265 e. The third-order valence-corrected chi connectivity index (χ3v) is 17.8. The molecule has 14 heteroatoms. The van der Waals surface area contributed by atoms with Crippen LogP contribution >= 0.6 is 0 Å². The van der Waals surface area contributed by atoms with Crippen LogP contribution < -0.4 is 9.47 Å². The third-order valence-electron chi connectivity index (χ3n) is 12.1. The lowest BCUT2D eigenvalue weighted by atomic mass is 9.58. The minimum absolute atomic E-state index is 0.00805. The molecule has 7 rings (SSSR count). The van der Waals surface area contributed by atoms with Crippen molar-refractivity contribution in [2.24, 2.45) is 11.8 Å². The van der Waals surface area contributed by atoms with Gasteiger partial charge in [0.15, 0.2) is 35.3 Å². The second-order valence-electron chi connectivity index (χ2n) is 17.1. The Bertz CT molecular complexity index is 2420. The number of Topliss-reactive ketones (excluding diaryl/α,β-unsaturated/α-hetero) is 2. The molecular weight excluding hydrogens is 780 g/mol. The van der Waals surface area contributed by atoms with Crippen molar-refractivity contribution in [2.75, 3.05) is 14.1 Å². The number of ketones is 2. The highest BCUT2D eigenvalue weighted by Gasteiger charge is 2.67. The number of allylic oxidation sites excluding steroid dienone is 1. The van der Waals surface area contributed by atoms with Crippen molar-refractivity contribution >= 4 is 29.7 Å². The molecule has 3 aliphatic carbocycles. The van der Waals surface area contributed by atoms with E-state index in [2.05, 4.69) is 11.7 Å². The van der Waals surface area contributed by atoms with Gasteiger partial charge in [-0.1, -0.05) is 88.0 Å². The SMILES string of the molecule is C=CS(=O)(=O)Cc1cc(F)c2c(c1OCc1ccccc1)C(=O)C1=C(O)C3(O[Si](C)(C)C(C)(C)C)C(=O)c4c(OCc5ccccc5)noc4[C@@H](N(C)C)[C@@H]3C[C@@H]1C2. The minimum Gasteiger partial charge on any atom is -0.508 e. The molecule has 0 bridgehead atoms. The normalized spacial score (nSPS) is 21.9. The second-order valence-corrected chi connectivity index (χ2v) is 23.8. The summed E-state index contributed by atoms with van der Waals surface area (Å²) in [5.41, 5.74) is -0.890. The average molecular weight is 829 g/mol. The van der Waals surface area contributed by atoms with Gasteiger partial charge in [-0.15, -0.1) is 0 Å². The number of hydrogen-bond donors (Lipinski definition) is 1. The lowest BCUT2D eigenvalue weighted by Crippen LogP contribution is -2.65. The Morgan fingerprint density at radius 1 is 1.02 bits per heavy atom. The maximum absolute atomic E-state index is 16.4. The van der Waals surface area contributed by atoms with Gasteiger partial charge in [-0.2, -0.15) is 0 Å². The molecule has 4 atom stereocenters. The predicted octanol–water partition coefficient (Wildman–Crippen LogP) is 8.48. The smallest absolute Gasteiger partial charge is 0.265 e. The highest BCUT2D eigenvalue weighted by atomic mass is 32.2. The first-order chi connectivity index (χ1) is 27.3. The maximum atomic E-state index is 16.4. The molecule has 0 saturated carbocycles. The monoisotopic (exact) mass is 828 g/mol. The van der Waals surface area contributed by atoms with E-state index in [4.69, 9.17) is 18.4 Å². The first-order valence-corrected chi connectivity index (χ1v) is 23.9. The summed E-state index contributed by atoms with van der Waals surface area (Å²) in [7, 11) is -3.32. The van der Waals surface area contributed by atoms with Crippen LogP contribution in [0.15, 0.2) is 94.6 Å². The van der Waals surface area contributed by atoms with Gasteiger partial charge < -0.3 is 23.5 Å². The second kappa shape index (κ2) is 15.0. The van der Waals surface area contributed by atoms with Gasteiger partial charge in [-0.05, 0) is 73.3 Å². The molecule has 0 amide bonds. The number of nitrogens with zero attached hydrogens (tertiary/aromatic N) is 2. The Kier molecular flexibility index (Phi) is 10.7. The summed E-state index contributed by atoms with van der Waals surface area (Å²) in [6.45, 7) is 13.4. The number of carbonyl (C=O) groups excluding carboxylic acids is 2. The number of benzene rings is 3. The van der Waals surface area contributed by atoms with Crippen LogP contribution in [0.4, 0.5) is 4.39 Å². The molecule has 1 N–H and O–H groups in total. The van der Waals surface area contributed by atoms with Crippen LogP contribution in [0.1, 0.15) is 82.0 Å². The van der Waals surface area contributed by atoms with Crippen molar-refractivity contribution in [3.63, 3.8) is 0 Å². The van der Waals surface area contributed by atoms with E-state index in [1.54, 1.807) is 12.1 Å². The Morgan fingerprint density at radius 3 is 2.19 bits per heavy atom. The Hall–Kier alpha value is -4.89. The third kappa shape index (κ3) is 7.03. The number of carbonyl (C=O) groups is 2. The quantitative estimate of drug-likeness (QED) is 0.137. The summed E-state index contributed by atoms with van der Waals surface area (Å²) in [6, 6.07) is 18.8. The van der Waals surface area contributed by atoms with E-state index in [0.717, 1.165) is 22.6 Å². The van der Waals surface area contributed by atoms with Crippen LogP contribution in [-0.2, 0) is 39.7 Å². The fraction of sp³-hybridized carbons (Fsp3) is 0.386. The van der Waals surface area contributed by atoms with E-state index in [0.29, 0.717) is 0 Å². The molecule has 0 spiro atoms. The minimum atomic E-state index is -3.95. The number of halogens is 1. The molecule has 58 heavy (non-hydrogen) atoms. The first kappa shape index (κ1) is 41.3. The van der Waals surface area contributed by atoms with Gasteiger partial charge >= 0.3 is 0 Å². The van der Waals surface area contributed by atoms with Crippen LogP contribution in [0.25, 0.3) is 0 Å². The number of fused-ring (bicyclic) bond motifs is 4. The first-order valence-electron chi connectivity index (χ1n) is 19.2. The van der Waals surface area contributed by atoms with Crippen LogP contribution in [0, 0.1) is 17.7 Å². The Labute approximate surface area is 339 Å². The lowest BCUT2D eigenvalue weighted by Gasteiger charge is -2.55. The van der Waals surface area contributed by atoms with E-state index >= 15 is 14.0 Å². The molecule has 1 unspecified atom stereocenters. The number of rotatable bonds is 12. The molecule has 0 aliphatic heterocycles. The van der Waals surface area contributed by atoms with Crippen molar-refractivity contribution in [1.82, 2.24) is 10.1 Å². The zero-order chi connectivity index (χ0) is 41.9. The van der Waals surface area contributed by atoms with Gasteiger partial charge in [0.25, 0.3) is 5.88 Å². The fourth-order valence-electron chi connectivity index (χ4n) is 8.30. The summed E-state index contributed by atoms with van der Waals surface area (Å²) in [4.78, 5) is 32.6. The molecule has 3 aliphatic rings. The average Bonchev–Trinajstić information content (AvgIpc) is 3.58. The Morgan fingerprint density at radius 2 is 1.62 bits per heavy atom. The van der Waals surface area contributed by atoms with Crippen molar-refractivity contribution in [2.45, 2.75) is 82.4 Å². The molecule has 11 nitrogen and oxygen atoms in total. The molecule has 0 fully saturated rings. The molecule has 3 aromatic carbocycles. The molecule has 4 aromatic rings. The Balaban J connectivity index is 1.44. The van der Waals surface area contributed by atoms with E-state index in [1.165, 1.54) is 0 Å². The van der Waals surface area contributed by atoms with Crippen molar-refractivity contribution in [1.29, 1.82) is 0 Å². The van der Waals surface area contributed by atoms with E-state index < -0.39 is 75.6 Å². The largest absolute Gasteiger partial charge is 0.508 e. The molecule has 1 aromatic heterocycles. The van der Waals surface area contributed by atoms with Crippen LogP contribution in [0.5, 0.6) is 11.6 Å². The number of ether oxygens (including phenoxy) is 2. The summed E-state index contributed by atoms with van der Waals surface area (Å²) in [5, 5.41) is 17.5. The van der Waals surface area contributed by atoms with Crippen molar-refractivity contribution in [3.8, 4) is 11.6 Å². The summed E-state index contributed by atoms with van der Waals surface area (Å²) >= 11 is 0. The van der Waals surface area contributed by atoms with Gasteiger partial charge in [0.05, 0.1) is 17.4 Å². The molecule has 0 saturated heterocycles. The number of hydrogen-bond acceptors (Lipinski definition) is 11. The van der Waals surface area contributed by atoms with Gasteiger partial charge in [0.1, 0.15) is 36.1 Å². The lowest BCUT2D eigenvalue weighted by molar-refractivity contribution is -0.0481. The fourth-order valence-corrected chi connectivity index (χ4v) is 10.5. The highest BCUT2D eigenvalue weighted by Crippen LogP contribution is 2.60. The molecule has 306 valence electrons. The zero-order valence-electron chi connectivity index (χ0n) is 33.8. The van der Waals surface area contributed by atoms with E-state index in [1.807, 2.05) is 101 Å². The summed E-state index contributed by atoms with van der Waals surface area (Å²) < 4.78 is 67.7. The van der Waals surface area contributed by atoms with Gasteiger partial charge in [-0.25, -0.2) is 12.8 Å². The van der Waals surface area contributed by atoms with Gasteiger partial charge in [0.2, 0.25) is 5.78 Å². The number of aliphatic hydroxyl groups is 1. The zero-order valence-corrected chi connectivity index (χ0v) is 35.6. The highest BCUT2D eigenvalue weighted by molar-refractivity contribution is 7.93. The number of aromatic nitrogens is 1. The molecule has 1 heterocycles. The van der Waals surface area contributed by atoms with Crippen molar-refractivity contribution in [3.05, 3.63) is 135 Å². The van der Waals surface area contributed by atoms with Gasteiger partial charge in [-0.3, -0.25) is 14.5 Å². The number of aliphatic hydroxyl groups excluding tert-OH is 1. The van der Waals surface area contributed by atoms with Crippen LogP contribution in [0.3, 0.4) is 0 Å². The standard InChI is InChI=1S/C44H49FN2O9SSi/c1-9-57(51,52)25-29-22-32(45)30-20-28-21-31-36(47(5)6)39-35(42(46-55-39)54-24-27-18-14-11-15-19-27)41(50)44(31,56-58(7,8)43(2,3)4)40(49)33(28)37(48)34(30)38(29)53-23-26-16-12-10-13-17-26/h9-19,22,28,31,36,49H,1,20-21,23-25H2,2-8H3/t28-,31-,36-,44?/m0/s1. The molecule has 0 radical (unpaired) electrons. The summed E-state index contributed by atoms with van der Waals surface area (Å²) in [5.74, 6) is -4.97. The predicted molar refractivity (Wildman–Crippen MR) is 218 cm³/mol.